The van der Waals surface area contributed by atoms with Crippen molar-refractivity contribution < 1.29 is 14.7 Å². The highest BCUT2D eigenvalue weighted by Crippen LogP contribution is 2.57. The molecule has 1 amide bonds. The Morgan fingerprint density at radius 2 is 0.934 bits per heavy atom. The molecule has 0 fully saturated rings. The molecule has 4 aliphatic rings. The highest BCUT2D eigenvalue weighted by molar-refractivity contribution is 8.18. The number of amides is 1. The molecular formula is C46H48Cl4N6O3S2. The minimum absolute atomic E-state index is 0.0312. The second-order valence-electron chi connectivity index (χ2n) is 15.6. The number of likely N-dealkylation sites (N-methyl/N-ethyl adjacent to an activating group) is 1. The molecule has 4 N–H and O–H groups in total. The van der Waals surface area contributed by atoms with Crippen molar-refractivity contribution in [1.29, 1.82) is 0 Å². The van der Waals surface area contributed by atoms with Crippen LogP contribution in [0.25, 0.3) is 0 Å². The number of carbonyl (C=O) groups is 2. The third-order valence-electron chi connectivity index (χ3n) is 11.0. The van der Waals surface area contributed by atoms with Gasteiger partial charge in [-0.15, -0.1) is 0 Å². The predicted molar refractivity (Wildman–Crippen MR) is 255 cm³/mol. The largest absolute Gasteiger partial charge is 0.477 e. The zero-order valence-electron chi connectivity index (χ0n) is 35.0. The Kier molecular flexibility index (Phi) is 14.4. The number of nitrogens with two attached hydrogens (primary N) is 1. The monoisotopic (exact) mass is 936 g/mol. The number of hydrogen-bond donors (Lipinski definition) is 3. The van der Waals surface area contributed by atoms with Crippen LogP contribution in [0.5, 0.6) is 0 Å². The highest BCUT2D eigenvalue weighted by Gasteiger charge is 2.54. The molecule has 0 aromatic heterocycles. The first-order chi connectivity index (χ1) is 29.0. The summed E-state index contributed by atoms with van der Waals surface area (Å²) in [6.45, 7) is 12.5. The summed E-state index contributed by atoms with van der Waals surface area (Å²) in [4.78, 5) is 40.1. The van der Waals surface area contributed by atoms with Crippen molar-refractivity contribution in [2.24, 2.45) is 27.6 Å². The fourth-order valence-electron chi connectivity index (χ4n) is 8.25. The maximum Gasteiger partial charge on any atom is 0.344 e. The van der Waals surface area contributed by atoms with Gasteiger partial charge < -0.3 is 26.0 Å². The van der Waals surface area contributed by atoms with Gasteiger partial charge in [-0.25, -0.2) is 14.8 Å². The fraction of sp³-hybridized carbons (Fsp3) is 0.304. The lowest BCUT2D eigenvalue weighted by atomic mass is 9.81. The molecule has 61 heavy (non-hydrogen) atoms. The summed E-state index contributed by atoms with van der Waals surface area (Å²) in [5.74, 6) is -0.814. The number of aliphatic imine (C=N–C) groups is 2. The zero-order chi connectivity index (χ0) is 44.6. The summed E-state index contributed by atoms with van der Waals surface area (Å²) in [6.07, 6.45) is 0. The van der Waals surface area contributed by atoms with Gasteiger partial charge >= 0.3 is 5.97 Å². The van der Waals surface area contributed by atoms with Crippen LogP contribution in [-0.2, 0) is 20.7 Å². The minimum Gasteiger partial charge on any atom is -0.477 e. The van der Waals surface area contributed by atoms with E-state index in [0.29, 0.717) is 35.1 Å². The fourth-order valence-corrected chi connectivity index (χ4v) is 11.4. The molecule has 4 atom stereocenters. The van der Waals surface area contributed by atoms with Crippen molar-refractivity contribution >= 4 is 92.1 Å². The Morgan fingerprint density at radius 3 is 1.25 bits per heavy atom. The van der Waals surface area contributed by atoms with Crippen LogP contribution in [0.15, 0.2) is 128 Å². The van der Waals surface area contributed by atoms with Crippen LogP contribution in [0.4, 0.5) is 0 Å². The van der Waals surface area contributed by atoms with Crippen molar-refractivity contribution in [3.63, 3.8) is 0 Å². The lowest BCUT2D eigenvalue weighted by Crippen LogP contribution is -2.36. The van der Waals surface area contributed by atoms with Crippen molar-refractivity contribution in [3.05, 3.63) is 161 Å². The lowest BCUT2D eigenvalue weighted by Gasteiger charge is -2.37. The second-order valence-corrected chi connectivity index (χ2v) is 19.3. The van der Waals surface area contributed by atoms with Crippen LogP contribution in [0, 0.1) is 11.8 Å². The second kappa shape index (κ2) is 18.8. The Hall–Kier alpha value is -3.94. The topological polar surface area (TPSA) is 124 Å². The number of thioether (sulfide) groups is 2. The number of rotatable bonds is 8. The van der Waals surface area contributed by atoms with Crippen molar-refractivity contribution in [2.75, 3.05) is 14.1 Å². The molecule has 4 aromatic carbocycles. The van der Waals surface area contributed by atoms with Gasteiger partial charge in [0.2, 0.25) is 0 Å². The molecule has 0 saturated carbocycles. The highest BCUT2D eigenvalue weighted by atomic mass is 35.5. The predicted octanol–water partition coefficient (Wildman–Crippen LogP) is 11.9. The molecule has 4 aliphatic heterocycles. The summed E-state index contributed by atoms with van der Waals surface area (Å²) in [7, 11) is 3.16. The third-order valence-corrected chi connectivity index (χ3v) is 14.1. The van der Waals surface area contributed by atoms with Crippen molar-refractivity contribution in [3.8, 4) is 0 Å². The maximum absolute atomic E-state index is 12.6. The molecule has 4 heterocycles. The summed E-state index contributed by atoms with van der Waals surface area (Å²) < 4.78 is 0. The Labute approximate surface area is 386 Å². The van der Waals surface area contributed by atoms with Gasteiger partial charge in [0.05, 0.1) is 17.0 Å². The minimum atomic E-state index is -0.918. The van der Waals surface area contributed by atoms with E-state index in [-0.39, 0.29) is 29.8 Å². The van der Waals surface area contributed by atoms with Gasteiger partial charge in [0, 0.05) is 38.5 Å². The molecule has 0 bridgehead atoms. The van der Waals surface area contributed by atoms with E-state index in [0.717, 1.165) is 38.8 Å². The summed E-state index contributed by atoms with van der Waals surface area (Å²) in [5.41, 5.74) is 9.33. The van der Waals surface area contributed by atoms with Crippen LogP contribution in [-0.4, -0.2) is 51.2 Å². The van der Waals surface area contributed by atoms with Gasteiger partial charge in [0.25, 0.3) is 5.91 Å². The number of nitrogens with one attached hydrogen (secondary N) is 1. The van der Waals surface area contributed by atoms with E-state index in [4.69, 9.17) is 56.4 Å². The van der Waals surface area contributed by atoms with E-state index in [2.05, 4.69) is 48.5 Å². The summed E-state index contributed by atoms with van der Waals surface area (Å²) in [6, 6.07) is 30.8. The van der Waals surface area contributed by atoms with Crippen LogP contribution in [0.3, 0.4) is 0 Å². The summed E-state index contributed by atoms with van der Waals surface area (Å²) in [5, 5.41) is 16.8. The molecule has 0 aliphatic carbocycles. The third kappa shape index (κ3) is 8.85. The van der Waals surface area contributed by atoms with Gasteiger partial charge in [-0.2, -0.15) is 0 Å². The molecule has 8 rings (SSSR count). The number of halogens is 4. The molecule has 4 aromatic rings. The molecule has 320 valence electrons. The van der Waals surface area contributed by atoms with Crippen LogP contribution in [0.1, 0.15) is 75.9 Å². The van der Waals surface area contributed by atoms with Gasteiger partial charge in [-0.05, 0) is 127 Å². The van der Waals surface area contributed by atoms with E-state index in [1.54, 1.807) is 7.05 Å². The van der Waals surface area contributed by atoms with Crippen molar-refractivity contribution in [2.45, 2.75) is 64.7 Å². The molecule has 0 spiro atoms. The first kappa shape index (κ1) is 46.6. The molecular weight excluding hydrogens is 890 g/mol. The standard InChI is InChI=1S/C23H23Cl2N3OS.C22H20Cl2N2O2S.CH5N/c1-13(2)18-19(21(29)26-4)30-22-27-23(3,15-7-11-17(25)12-8-15)20(28(18)22)14-5-9-16(24)10-6-14;1-12(2)17-18(20(27)28)29-21-25-22(3,14-6-10-16(24)11-7-14)19(26(17)21)13-4-8-15(23)9-5-13;1-2/h5-13,20H,1-4H3,(H,26,29);4-12,19H,1-3H3,(H,27,28);2H2,1H3/t20-,23+;19-,22+;/m11./s1. The number of amidine groups is 2. The quantitative estimate of drug-likeness (QED) is 0.160. The molecule has 0 unspecified atom stereocenters. The Morgan fingerprint density at radius 1 is 0.623 bits per heavy atom. The van der Waals surface area contributed by atoms with E-state index < -0.39 is 17.0 Å². The number of hydrogen-bond acceptors (Lipinski definition) is 9. The molecule has 15 heteroatoms. The van der Waals surface area contributed by atoms with Gasteiger partial charge in [0.1, 0.15) is 16.0 Å². The first-order valence-corrected chi connectivity index (χ1v) is 22.8. The number of allylic oxidation sites excluding steroid dienone is 2. The first-order valence-electron chi connectivity index (χ1n) is 19.7. The van der Waals surface area contributed by atoms with Gasteiger partial charge in [-0.1, -0.05) is 123 Å². The molecule has 0 saturated heterocycles. The van der Waals surface area contributed by atoms with Crippen LogP contribution < -0.4 is 11.1 Å². The zero-order valence-corrected chi connectivity index (χ0v) is 39.7. The molecule has 9 nitrogen and oxygen atoms in total. The van der Waals surface area contributed by atoms with E-state index >= 15 is 0 Å². The number of carboxylic acids is 1. The van der Waals surface area contributed by atoms with Crippen molar-refractivity contribution in [1.82, 2.24) is 15.1 Å². The number of nitrogens with zero attached hydrogens (tertiary/aromatic N) is 4. The number of benzene rings is 4. The number of carboxylic acid groups (broad SMARTS) is 1. The van der Waals surface area contributed by atoms with Gasteiger partial charge in [-0.3, -0.25) is 4.79 Å². The van der Waals surface area contributed by atoms with E-state index in [9.17, 15) is 14.7 Å². The van der Waals surface area contributed by atoms with Gasteiger partial charge in [0.15, 0.2) is 10.3 Å². The number of fused-ring (bicyclic) bond motifs is 2. The number of carbonyl (C=O) groups excluding carboxylic acids is 1. The SMILES string of the molecule is CC(C)C1=C(C(=O)O)SC2=N[C@@](C)(c3ccc(Cl)cc3)[C@@H](c3ccc(Cl)cc3)N21.CN.CNC(=O)C1=C(C(C)C)N2C(=N[C@@](C)(c3ccc(Cl)cc3)[C@H]2c2ccc(Cl)cc2)S1. The van der Waals surface area contributed by atoms with Crippen LogP contribution in [0.2, 0.25) is 20.1 Å². The lowest BCUT2D eigenvalue weighted by molar-refractivity contribution is -0.132. The number of aliphatic carboxylic acids is 1. The smallest absolute Gasteiger partial charge is 0.344 e. The average molecular weight is 939 g/mol. The van der Waals surface area contributed by atoms with E-state index in [1.165, 1.54) is 30.6 Å². The average Bonchev–Trinajstić information content (AvgIpc) is 3.95. The van der Waals surface area contributed by atoms with E-state index in [1.807, 2.05) is 111 Å². The summed E-state index contributed by atoms with van der Waals surface area (Å²) >= 11 is 27.2. The Bertz CT molecular complexity index is 2420. The molecule has 0 radical (unpaired) electrons. The Balaban J connectivity index is 0.000000196. The van der Waals surface area contributed by atoms with Crippen LogP contribution >= 0.6 is 69.9 Å². The normalized spacial score (nSPS) is 22.7. The maximum atomic E-state index is 12.6.